The second kappa shape index (κ2) is 13.2. The summed E-state index contributed by atoms with van der Waals surface area (Å²) in [6, 6.07) is 62.5. The van der Waals surface area contributed by atoms with Crippen LogP contribution in [0.3, 0.4) is 0 Å². The summed E-state index contributed by atoms with van der Waals surface area (Å²) in [5.74, 6) is 0. The van der Waals surface area contributed by atoms with Crippen molar-refractivity contribution in [3.05, 3.63) is 197 Å². The van der Waals surface area contributed by atoms with E-state index in [1.165, 1.54) is 113 Å². The number of rotatable bonds is 5. The third-order valence-corrected chi connectivity index (χ3v) is 15.2. The number of benzene rings is 8. The molecule has 11 rings (SSSR count). The number of nitrogens with zero attached hydrogens (tertiary/aromatic N) is 1. The molecule has 0 saturated heterocycles. The summed E-state index contributed by atoms with van der Waals surface area (Å²) in [6.45, 7) is 19.3. The van der Waals surface area contributed by atoms with Gasteiger partial charge in [-0.3, -0.25) is 0 Å². The number of hydrogen-bond donors (Lipinski definition) is 0. The van der Waals surface area contributed by atoms with Crippen molar-refractivity contribution in [2.75, 3.05) is 4.90 Å². The Morgan fingerprint density at radius 1 is 0.344 bits per heavy atom. The molecule has 0 N–H and O–H groups in total. The number of fused-ring (bicyclic) bond motifs is 8. The van der Waals surface area contributed by atoms with E-state index in [0.717, 1.165) is 5.69 Å². The van der Waals surface area contributed by atoms with Crippen LogP contribution in [0.25, 0.3) is 55.3 Å². The van der Waals surface area contributed by atoms with E-state index in [4.69, 9.17) is 0 Å². The minimum Gasteiger partial charge on any atom is -0.310 e. The van der Waals surface area contributed by atoms with E-state index in [0.29, 0.717) is 0 Å². The van der Waals surface area contributed by atoms with Crippen molar-refractivity contribution in [1.82, 2.24) is 0 Å². The molecule has 0 aliphatic heterocycles. The van der Waals surface area contributed by atoms with Crippen LogP contribution in [-0.2, 0) is 21.7 Å². The fourth-order valence-electron chi connectivity index (χ4n) is 11.4. The Bertz CT molecular complexity index is 3070. The first kappa shape index (κ1) is 37.8. The van der Waals surface area contributed by atoms with Gasteiger partial charge in [-0.1, -0.05) is 183 Å². The third kappa shape index (κ3) is 5.66. The monoisotopic (exact) mass is 789 g/mol. The standard InChI is InChI=1S/C60H55N/c1-57(2)32-33-58(3,4)55-34-40(26-31-52(55)57)48-36-49-46-20-12-14-23-51(46)60(7,8)54(49)37-56(48)61(42-29-30-47-45-19-11-13-22-50(45)59(5,6)53(47)35-42)41-27-24-39(25-28-41)44-21-15-17-38-16-9-10-18-43(38)44/h9-31,34-37H,32-33H2,1-8H3. The minimum absolute atomic E-state index is 0.0873. The molecule has 3 aliphatic rings. The molecule has 0 aromatic heterocycles. The van der Waals surface area contributed by atoms with E-state index in [2.05, 4.69) is 224 Å². The van der Waals surface area contributed by atoms with Gasteiger partial charge in [0, 0.05) is 27.8 Å². The highest BCUT2D eigenvalue weighted by Crippen LogP contribution is 2.56. The van der Waals surface area contributed by atoms with Gasteiger partial charge in [0.15, 0.2) is 0 Å². The smallest absolute Gasteiger partial charge is 0.0543 e. The first-order valence-electron chi connectivity index (χ1n) is 22.3. The van der Waals surface area contributed by atoms with Gasteiger partial charge >= 0.3 is 0 Å². The topological polar surface area (TPSA) is 3.24 Å². The van der Waals surface area contributed by atoms with Gasteiger partial charge in [0.25, 0.3) is 0 Å². The van der Waals surface area contributed by atoms with Crippen LogP contribution < -0.4 is 4.90 Å². The Balaban J connectivity index is 1.18. The van der Waals surface area contributed by atoms with Crippen LogP contribution in [0, 0.1) is 0 Å². The van der Waals surface area contributed by atoms with Gasteiger partial charge in [-0.05, 0) is 143 Å². The van der Waals surface area contributed by atoms with Crippen molar-refractivity contribution in [2.45, 2.75) is 89.9 Å². The first-order valence-corrected chi connectivity index (χ1v) is 22.3. The fourth-order valence-corrected chi connectivity index (χ4v) is 11.4. The molecule has 3 aliphatic carbocycles. The molecule has 1 nitrogen and oxygen atoms in total. The maximum absolute atomic E-state index is 2.56. The molecule has 0 unspecified atom stereocenters. The minimum atomic E-state index is -0.160. The summed E-state index contributed by atoms with van der Waals surface area (Å²) in [6.07, 6.45) is 2.38. The second-order valence-corrected chi connectivity index (χ2v) is 20.4. The first-order chi connectivity index (χ1) is 29.2. The summed E-state index contributed by atoms with van der Waals surface area (Å²) < 4.78 is 0. The Kier molecular flexibility index (Phi) is 8.15. The predicted molar refractivity (Wildman–Crippen MR) is 260 cm³/mol. The van der Waals surface area contributed by atoms with E-state index in [1.807, 2.05) is 0 Å². The fraction of sp³-hybridized carbons (Fsp3) is 0.233. The zero-order chi connectivity index (χ0) is 42.1. The van der Waals surface area contributed by atoms with Crippen LogP contribution in [0.1, 0.15) is 102 Å². The largest absolute Gasteiger partial charge is 0.310 e. The average Bonchev–Trinajstić information content (AvgIpc) is 3.64. The molecule has 61 heavy (non-hydrogen) atoms. The highest BCUT2D eigenvalue weighted by molar-refractivity contribution is 5.98. The maximum Gasteiger partial charge on any atom is 0.0543 e. The zero-order valence-electron chi connectivity index (χ0n) is 36.9. The molecule has 1 heteroatoms. The molecule has 300 valence electrons. The third-order valence-electron chi connectivity index (χ3n) is 15.2. The maximum atomic E-state index is 2.56. The lowest BCUT2D eigenvalue weighted by Gasteiger charge is -2.42. The van der Waals surface area contributed by atoms with Crippen molar-refractivity contribution in [1.29, 1.82) is 0 Å². The molecular weight excluding hydrogens is 735 g/mol. The second-order valence-electron chi connectivity index (χ2n) is 20.4. The van der Waals surface area contributed by atoms with Crippen molar-refractivity contribution in [3.8, 4) is 44.5 Å². The molecule has 0 bridgehead atoms. The van der Waals surface area contributed by atoms with Crippen LogP contribution in [0.5, 0.6) is 0 Å². The van der Waals surface area contributed by atoms with Crippen molar-refractivity contribution in [3.63, 3.8) is 0 Å². The Labute approximate surface area is 362 Å². The summed E-state index contributed by atoms with van der Waals surface area (Å²) in [7, 11) is 0. The Hall–Kier alpha value is -6.18. The molecule has 0 amide bonds. The summed E-state index contributed by atoms with van der Waals surface area (Å²) in [5.41, 5.74) is 22.3. The van der Waals surface area contributed by atoms with Crippen LogP contribution in [0.15, 0.2) is 164 Å². The van der Waals surface area contributed by atoms with E-state index < -0.39 is 0 Å². The van der Waals surface area contributed by atoms with Crippen molar-refractivity contribution < 1.29 is 0 Å². The van der Waals surface area contributed by atoms with Crippen molar-refractivity contribution in [2.24, 2.45) is 0 Å². The lowest BCUT2D eigenvalue weighted by atomic mass is 9.63. The predicted octanol–water partition coefficient (Wildman–Crippen LogP) is 16.6. The van der Waals surface area contributed by atoms with Crippen LogP contribution in [0.4, 0.5) is 17.1 Å². The SMILES string of the molecule is CC1(C)CCC(C)(C)c2cc(-c3cc4c(cc3N(c3ccc(-c5cccc6ccccc56)cc3)c3ccc5c(c3)C(C)(C)c3ccccc3-5)C(C)(C)c3ccccc3-4)ccc21. The Morgan fingerprint density at radius 3 is 1.61 bits per heavy atom. The summed E-state index contributed by atoms with van der Waals surface area (Å²) in [5, 5.41) is 2.53. The quantitative estimate of drug-likeness (QED) is 0.168. The lowest BCUT2D eigenvalue weighted by molar-refractivity contribution is 0.332. The average molecular weight is 790 g/mol. The molecule has 8 aromatic carbocycles. The number of hydrogen-bond acceptors (Lipinski definition) is 1. The van der Waals surface area contributed by atoms with E-state index in [-0.39, 0.29) is 21.7 Å². The number of anilines is 3. The van der Waals surface area contributed by atoms with Gasteiger partial charge in [-0.25, -0.2) is 0 Å². The van der Waals surface area contributed by atoms with E-state index in [9.17, 15) is 0 Å². The van der Waals surface area contributed by atoms with Gasteiger partial charge in [-0.2, -0.15) is 0 Å². The molecule has 0 saturated carbocycles. The van der Waals surface area contributed by atoms with Crippen LogP contribution in [0.2, 0.25) is 0 Å². The van der Waals surface area contributed by atoms with Gasteiger partial charge in [0.2, 0.25) is 0 Å². The molecule has 0 atom stereocenters. The molecule has 0 heterocycles. The lowest BCUT2D eigenvalue weighted by Crippen LogP contribution is -2.33. The highest BCUT2D eigenvalue weighted by Gasteiger charge is 2.40. The molecule has 8 aromatic rings. The molecule has 0 radical (unpaired) electrons. The van der Waals surface area contributed by atoms with Gasteiger partial charge in [-0.15, -0.1) is 0 Å². The van der Waals surface area contributed by atoms with E-state index >= 15 is 0 Å². The molecular formula is C60H55N. The Morgan fingerprint density at radius 2 is 0.885 bits per heavy atom. The summed E-state index contributed by atoms with van der Waals surface area (Å²) >= 11 is 0. The van der Waals surface area contributed by atoms with E-state index in [1.54, 1.807) is 0 Å². The molecule has 0 fully saturated rings. The van der Waals surface area contributed by atoms with Crippen LogP contribution >= 0.6 is 0 Å². The van der Waals surface area contributed by atoms with Crippen molar-refractivity contribution >= 4 is 27.8 Å². The highest BCUT2D eigenvalue weighted by atomic mass is 15.1. The normalized spacial score (nSPS) is 16.9. The van der Waals surface area contributed by atoms with Gasteiger partial charge in [0.1, 0.15) is 0 Å². The molecule has 0 spiro atoms. The zero-order valence-corrected chi connectivity index (χ0v) is 36.9. The van der Waals surface area contributed by atoms with Crippen LogP contribution in [-0.4, -0.2) is 0 Å². The summed E-state index contributed by atoms with van der Waals surface area (Å²) in [4.78, 5) is 2.56. The van der Waals surface area contributed by atoms with Gasteiger partial charge < -0.3 is 4.90 Å². The van der Waals surface area contributed by atoms with Gasteiger partial charge in [0.05, 0.1) is 5.69 Å².